The lowest BCUT2D eigenvalue weighted by Gasteiger charge is -2.09. The van der Waals surface area contributed by atoms with Crippen molar-refractivity contribution in [3.05, 3.63) is 81.5 Å². The Bertz CT molecular complexity index is 948. The van der Waals surface area contributed by atoms with E-state index in [1.807, 2.05) is 30.3 Å². The average Bonchev–Trinajstić information content (AvgIpc) is 2.62. The number of nitrogens with zero attached hydrogens (tertiary/aromatic N) is 2. The minimum Gasteiger partial charge on any atom is -0.352 e. The van der Waals surface area contributed by atoms with E-state index in [0.717, 1.165) is 16.5 Å². The van der Waals surface area contributed by atoms with E-state index in [9.17, 15) is 14.9 Å². The molecule has 1 N–H and O–H groups in total. The van der Waals surface area contributed by atoms with Gasteiger partial charge in [-0.15, -0.1) is 0 Å². The molecule has 1 aromatic heterocycles. The maximum absolute atomic E-state index is 12.3. The van der Waals surface area contributed by atoms with Crippen LogP contribution in [0.5, 0.6) is 0 Å². The van der Waals surface area contributed by atoms with Crippen LogP contribution in [0.1, 0.15) is 21.5 Å². The van der Waals surface area contributed by atoms with Crippen LogP contribution in [0.25, 0.3) is 10.9 Å². The summed E-state index contributed by atoms with van der Waals surface area (Å²) in [7, 11) is 0. The summed E-state index contributed by atoms with van der Waals surface area (Å²) in [6.07, 6.45) is 2.41. The Morgan fingerprint density at radius 3 is 2.80 bits per heavy atom. The zero-order chi connectivity index (χ0) is 17.8. The van der Waals surface area contributed by atoms with Gasteiger partial charge in [0.05, 0.1) is 10.4 Å². The molecule has 0 saturated heterocycles. The van der Waals surface area contributed by atoms with E-state index in [1.165, 1.54) is 12.1 Å². The second kappa shape index (κ2) is 7.09. The highest BCUT2D eigenvalue weighted by molar-refractivity contribution is 5.96. The van der Waals surface area contributed by atoms with Crippen molar-refractivity contribution in [1.29, 1.82) is 0 Å². The van der Waals surface area contributed by atoms with E-state index in [2.05, 4.69) is 10.3 Å². The van der Waals surface area contributed by atoms with Crippen LogP contribution in [0.15, 0.2) is 54.7 Å². The van der Waals surface area contributed by atoms with E-state index < -0.39 is 4.92 Å². The van der Waals surface area contributed by atoms with Gasteiger partial charge in [-0.05, 0) is 36.6 Å². The van der Waals surface area contributed by atoms with Gasteiger partial charge in [-0.1, -0.05) is 24.3 Å². The molecule has 1 amide bonds. The van der Waals surface area contributed by atoms with E-state index in [1.54, 1.807) is 19.2 Å². The van der Waals surface area contributed by atoms with Gasteiger partial charge < -0.3 is 5.32 Å². The number of para-hydroxylation sites is 1. The van der Waals surface area contributed by atoms with Crippen LogP contribution in [0.3, 0.4) is 0 Å². The first-order chi connectivity index (χ1) is 12.1. The standard InChI is InChI=1S/C19H17N3O3/c1-13-6-7-15(22(24)25)12-17(13)19(23)21-11-9-14-8-10-20-18-5-3-2-4-16(14)18/h2-8,10,12H,9,11H2,1H3,(H,21,23). The Morgan fingerprint density at radius 1 is 1.20 bits per heavy atom. The molecule has 0 aliphatic carbocycles. The number of nitrogens with one attached hydrogen (secondary N) is 1. The van der Waals surface area contributed by atoms with Crippen LogP contribution in [0.2, 0.25) is 0 Å². The normalized spacial score (nSPS) is 10.6. The molecule has 6 heteroatoms. The third-order valence-electron chi connectivity index (χ3n) is 4.10. The number of amides is 1. The molecule has 3 rings (SSSR count). The summed E-state index contributed by atoms with van der Waals surface area (Å²) in [5, 5.41) is 14.8. The minimum absolute atomic E-state index is 0.0872. The summed E-state index contributed by atoms with van der Waals surface area (Å²) >= 11 is 0. The number of aromatic nitrogens is 1. The molecule has 25 heavy (non-hydrogen) atoms. The van der Waals surface area contributed by atoms with E-state index in [4.69, 9.17) is 0 Å². The fourth-order valence-corrected chi connectivity index (χ4v) is 2.75. The number of carbonyl (C=O) groups is 1. The highest BCUT2D eigenvalue weighted by Gasteiger charge is 2.14. The number of benzene rings is 2. The van der Waals surface area contributed by atoms with Crippen molar-refractivity contribution in [1.82, 2.24) is 10.3 Å². The first-order valence-electron chi connectivity index (χ1n) is 7.92. The second-order valence-corrected chi connectivity index (χ2v) is 5.75. The molecule has 0 bridgehead atoms. The van der Waals surface area contributed by atoms with E-state index in [-0.39, 0.29) is 11.6 Å². The van der Waals surface area contributed by atoms with Gasteiger partial charge in [0.1, 0.15) is 0 Å². The molecule has 2 aromatic carbocycles. The van der Waals surface area contributed by atoms with Crippen molar-refractivity contribution in [2.45, 2.75) is 13.3 Å². The van der Waals surface area contributed by atoms with Crippen LogP contribution < -0.4 is 5.32 Å². The molecule has 1 heterocycles. The number of hydrogen-bond donors (Lipinski definition) is 1. The number of pyridine rings is 1. The number of aryl methyl sites for hydroxylation is 1. The topological polar surface area (TPSA) is 85.1 Å². The molecule has 0 spiro atoms. The van der Waals surface area contributed by atoms with Gasteiger partial charge in [0, 0.05) is 35.8 Å². The maximum atomic E-state index is 12.3. The van der Waals surface area contributed by atoms with Gasteiger partial charge in [-0.2, -0.15) is 0 Å². The Labute approximate surface area is 144 Å². The summed E-state index contributed by atoms with van der Waals surface area (Å²) < 4.78 is 0. The average molecular weight is 335 g/mol. The Balaban J connectivity index is 1.71. The fraction of sp³-hybridized carbons (Fsp3) is 0.158. The maximum Gasteiger partial charge on any atom is 0.270 e. The Kier molecular flexibility index (Phi) is 4.70. The molecule has 0 unspecified atom stereocenters. The number of fused-ring (bicyclic) bond motifs is 1. The lowest BCUT2D eigenvalue weighted by atomic mass is 10.1. The van der Waals surface area contributed by atoms with Crippen molar-refractivity contribution < 1.29 is 9.72 Å². The quantitative estimate of drug-likeness (QED) is 0.572. The molecule has 126 valence electrons. The lowest BCUT2D eigenvalue weighted by molar-refractivity contribution is -0.384. The largest absolute Gasteiger partial charge is 0.352 e. The highest BCUT2D eigenvalue weighted by atomic mass is 16.6. The number of rotatable bonds is 5. The molecule has 0 saturated carbocycles. The lowest BCUT2D eigenvalue weighted by Crippen LogP contribution is -2.26. The van der Waals surface area contributed by atoms with Crippen molar-refractivity contribution in [2.75, 3.05) is 6.54 Å². The minimum atomic E-state index is -0.501. The summed E-state index contributed by atoms with van der Waals surface area (Å²) in [6, 6.07) is 14.1. The van der Waals surface area contributed by atoms with E-state index >= 15 is 0 Å². The van der Waals surface area contributed by atoms with Crippen LogP contribution in [0, 0.1) is 17.0 Å². The van der Waals surface area contributed by atoms with Crippen molar-refractivity contribution in [3.63, 3.8) is 0 Å². The van der Waals surface area contributed by atoms with Gasteiger partial charge in [0.2, 0.25) is 0 Å². The van der Waals surface area contributed by atoms with Crippen molar-refractivity contribution in [2.24, 2.45) is 0 Å². The Morgan fingerprint density at radius 2 is 2.00 bits per heavy atom. The van der Waals surface area contributed by atoms with Gasteiger partial charge in [-0.25, -0.2) is 0 Å². The zero-order valence-electron chi connectivity index (χ0n) is 13.7. The highest BCUT2D eigenvalue weighted by Crippen LogP contribution is 2.18. The molecular formula is C19H17N3O3. The molecule has 0 fully saturated rings. The smallest absolute Gasteiger partial charge is 0.270 e. The van der Waals surface area contributed by atoms with Gasteiger partial charge >= 0.3 is 0 Å². The molecule has 0 aliphatic rings. The fourth-order valence-electron chi connectivity index (χ4n) is 2.75. The van der Waals surface area contributed by atoms with E-state index in [0.29, 0.717) is 24.1 Å². The van der Waals surface area contributed by atoms with Crippen LogP contribution in [-0.4, -0.2) is 22.4 Å². The molecule has 0 aliphatic heterocycles. The van der Waals surface area contributed by atoms with Crippen LogP contribution in [-0.2, 0) is 6.42 Å². The summed E-state index contributed by atoms with van der Waals surface area (Å²) in [5.74, 6) is -0.306. The third kappa shape index (κ3) is 3.63. The first-order valence-corrected chi connectivity index (χ1v) is 7.92. The number of non-ortho nitro benzene ring substituents is 1. The predicted molar refractivity (Wildman–Crippen MR) is 95.6 cm³/mol. The molecule has 0 atom stereocenters. The molecule has 0 radical (unpaired) electrons. The summed E-state index contributed by atoms with van der Waals surface area (Å²) in [6.45, 7) is 2.20. The van der Waals surface area contributed by atoms with Crippen LogP contribution >= 0.6 is 0 Å². The molecular weight excluding hydrogens is 318 g/mol. The monoisotopic (exact) mass is 335 g/mol. The third-order valence-corrected chi connectivity index (χ3v) is 4.10. The summed E-state index contributed by atoms with van der Waals surface area (Å²) in [5.41, 5.74) is 2.96. The molecule has 3 aromatic rings. The van der Waals surface area contributed by atoms with Gasteiger partial charge in [0.25, 0.3) is 11.6 Å². The SMILES string of the molecule is Cc1ccc([N+](=O)[O-])cc1C(=O)NCCc1ccnc2ccccc12. The van der Waals surface area contributed by atoms with Crippen molar-refractivity contribution >= 4 is 22.5 Å². The predicted octanol–water partition coefficient (Wildman–Crippen LogP) is 3.42. The second-order valence-electron chi connectivity index (χ2n) is 5.75. The molecule has 6 nitrogen and oxygen atoms in total. The Hall–Kier alpha value is -3.28. The number of nitro benzene ring substituents is 1. The van der Waals surface area contributed by atoms with Crippen molar-refractivity contribution in [3.8, 4) is 0 Å². The first kappa shape index (κ1) is 16.6. The number of carbonyl (C=O) groups excluding carboxylic acids is 1. The van der Waals surface area contributed by atoms with Gasteiger partial charge in [0.15, 0.2) is 0 Å². The number of hydrogen-bond acceptors (Lipinski definition) is 4. The number of nitro groups is 1. The van der Waals surface area contributed by atoms with Gasteiger partial charge in [-0.3, -0.25) is 19.9 Å². The summed E-state index contributed by atoms with van der Waals surface area (Å²) in [4.78, 5) is 27.0. The zero-order valence-corrected chi connectivity index (χ0v) is 13.7. The van der Waals surface area contributed by atoms with Crippen LogP contribution in [0.4, 0.5) is 5.69 Å².